The first kappa shape index (κ1) is 18.9. The molecule has 1 aromatic carbocycles. The van der Waals surface area contributed by atoms with Crippen molar-refractivity contribution in [1.29, 1.82) is 0 Å². The lowest BCUT2D eigenvalue weighted by atomic mass is 9.81. The lowest BCUT2D eigenvalue weighted by molar-refractivity contribution is 0.445. The molecule has 2 aliphatic rings. The van der Waals surface area contributed by atoms with Gasteiger partial charge in [0.25, 0.3) is 0 Å². The van der Waals surface area contributed by atoms with Crippen molar-refractivity contribution in [2.24, 2.45) is 16.3 Å². The van der Waals surface area contributed by atoms with E-state index in [4.69, 9.17) is 10.8 Å². The first-order chi connectivity index (χ1) is 14.8. The number of pyridine rings is 1. The van der Waals surface area contributed by atoms with Crippen LogP contribution in [0.3, 0.4) is 0 Å². The summed E-state index contributed by atoms with van der Waals surface area (Å²) in [6.07, 6.45) is 10.6. The Kier molecular flexibility index (Phi) is 4.99. The summed E-state index contributed by atoms with van der Waals surface area (Å²) in [6.45, 7) is 5.09. The molecule has 0 amide bonds. The van der Waals surface area contributed by atoms with E-state index in [1.165, 1.54) is 65.5 Å². The molecule has 5 rings (SSSR count). The Hall–Kier alpha value is -3.15. The van der Waals surface area contributed by atoms with Crippen LogP contribution >= 0.6 is 0 Å². The molecular weight excluding hydrogens is 372 g/mol. The average Bonchev–Trinajstić information content (AvgIpc) is 2.99. The van der Waals surface area contributed by atoms with Gasteiger partial charge in [-0.25, -0.2) is 0 Å². The molecule has 0 unspecified atom stereocenters. The SMILES string of the molecule is C=C(N/N=N\N)c1ccc2c(C3CCCCC3)c3n(c2c1)CCCc1ncccc1-3. The summed E-state index contributed by atoms with van der Waals surface area (Å²) < 4.78 is 2.52. The van der Waals surface area contributed by atoms with Gasteiger partial charge in [0.2, 0.25) is 0 Å². The lowest BCUT2D eigenvalue weighted by Gasteiger charge is -2.23. The largest absolute Gasteiger partial charge is 0.340 e. The predicted octanol–water partition coefficient (Wildman–Crippen LogP) is 5.50. The Bertz CT molecular complexity index is 1120. The van der Waals surface area contributed by atoms with Crippen LogP contribution in [0, 0.1) is 0 Å². The highest BCUT2D eigenvalue weighted by Crippen LogP contribution is 2.46. The molecule has 3 N–H and O–H groups in total. The maximum atomic E-state index is 5.13. The number of aryl methyl sites for hydroxylation is 2. The molecular formula is C24H28N6. The Morgan fingerprint density at radius 3 is 2.87 bits per heavy atom. The molecule has 30 heavy (non-hydrogen) atoms. The molecule has 0 spiro atoms. The van der Waals surface area contributed by atoms with Crippen LogP contribution in [0.15, 0.2) is 53.6 Å². The summed E-state index contributed by atoms with van der Waals surface area (Å²) in [4.78, 5) is 4.74. The minimum absolute atomic E-state index is 0.613. The number of benzene rings is 1. The van der Waals surface area contributed by atoms with E-state index in [1.807, 2.05) is 6.20 Å². The number of nitrogens with one attached hydrogen (secondary N) is 1. The smallest absolute Gasteiger partial charge is 0.0580 e. The molecule has 2 aromatic heterocycles. The second-order valence-corrected chi connectivity index (χ2v) is 8.39. The van der Waals surface area contributed by atoms with Gasteiger partial charge in [0.05, 0.1) is 11.4 Å². The zero-order chi connectivity index (χ0) is 20.5. The van der Waals surface area contributed by atoms with Gasteiger partial charge in [-0.05, 0) is 55.4 Å². The van der Waals surface area contributed by atoms with Crippen molar-refractivity contribution in [1.82, 2.24) is 15.0 Å². The lowest BCUT2D eigenvalue weighted by Crippen LogP contribution is -2.07. The van der Waals surface area contributed by atoms with E-state index >= 15 is 0 Å². The van der Waals surface area contributed by atoms with Crippen LogP contribution in [0.25, 0.3) is 27.9 Å². The Morgan fingerprint density at radius 2 is 2.03 bits per heavy atom. The van der Waals surface area contributed by atoms with Crippen LogP contribution in [0.4, 0.5) is 0 Å². The predicted molar refractivity (Wildman–Crippen MR) is 121 cm³/mol. The number of hydrogen-bond acceptors (Lipinski definition) is 3. The van der Waals surface area contributed by atoms with E-state index in [0.717, 1.165) is 24.9 Å². The molecule has 0 bridgehead atoms. The van der Waals surface area contributed by atoms with Crippen LogP contribution in [0.5, 0.6) is 0 Å². The van der Waals surface area contributed by atoms with Crippen molar-refractivity contribution in [3.05, 3.63) is 59.9 Å². The molecule has 3 aromatic rings. The molecule has 3 heterocycles. The van der Waals surface area contributed by atoms with Gasteiger partial charge < -0.3 is 10.4 Å². The summed E-state index contributed by atoms with van der Waals surface area (Å²) in [6, 6.07) is 11.0. The van der Waals surface area contributed by atoms with Crippen molar-refractivity contribution in [3.8, 4) is 11.3 Å². The molecule has 1 aliphatic heterocycles. The molecule has 154 valence electrons. The number of fused-ring (bicyclic) bond motifs is 5. The van der Waals surface area contributed by atoms with E-state index in [-0.39, 0.29) is 0 Å². The van der Waals surface area contributed by atoms with Crippen LogP contribution in [-0.2, 0) is 13.0 Å². The van der Waals surface area contributed by atoms with Crippen molar-refractivity contribution in [3.63, 3.8) is 0 Å². The van der Waals surface area contributed by atoms with E-state index < -0.39 is 0 Å². The molecule has 0 atom stereocenters. The second-order valence-electron chi connectivity index (χ2n) is 8.39. The molecule has 1 aliphatic carbocycles. The molecule has 1 fully saturated rings. The Morgan fingerprint density at radius 1 is 1.17 bits per heavy atom. The van der Waals surface area contributed by atoms with Crippen LogP contribution in [-0.4, -0.2) is 9.55 Å². The number of rotatable bonds is 4. The highest BCUT2D eigenvalue weighted by Gasteiger charge is 2.29. The highest BCUT2D eigenvalue weighted by molar-refractivity contribution is 5.94. The van der Waals surface area contributed by atoms with Gasteiger partial charge in [0.15, 0.2) is 0 Å². The number of hydrogen-bond donors (Lipinski definition) is 2. The summed E-state index contributed by atoms with van der Waals surface area (Å²) in [5.74, 6) is 5.74. The average molecular weight is 401 g/mol. The summed E-state index contributed by atoms with van der Waals surface area (Å²) in [5.41, 5.74) is 11.2. The van der Waals surface area contributed by atoms with Gasteiger partial charge in [0, 0.05) is 40.5 Å². The molecule has 0 saturated heterocycles. The zero-order valence-corrected chi connectivity index (χ0v) is 17.3. The maximum absolute atomic E-state index is 5.13. The van der Waals surface area contributed by atoms with Gasteiger partial charge in [0.1, 0.15) is 0 Å². The van der Waals surface area contributed by atoms with E-state index in [2.05, 4.69) is 57.4 Å². The normalized spacial score (nSPS) is 16.9. The fourth-order valence-corrected chi connectivity index (χ4v) is 5.30. The topological polar surface area (TPSA) is 80.6 Å². The number of nitrogens with two attached hydrogens (primary N) is 1. The molecule has 0 radical (unpaired) electrons. The third-order valence-corrected chi connectivity index (χ3v) is 6.65. The monoisotopic (exact) mass is 400 g/mol. The molecule has 6 nitrogen and oxygen atoms in total. The van der Waals surface area contributed by atoms with Gasteiger partial charge in [-0.3, -0.25) is 10.4 Å². The first-order valence-electron chi connectivity index (χ1n) is 10.9. The van der Waals surface area contributed by atoms with E-state index in [1.54, 1.807) is 0 Å². The van der Waals surface area contributed by atoms with E-state index in [0.29, 0.717) is 11.6 Å². The second kappa shape index (κ2) is 7.94. The number of nitrogens with zero attached hydrogens (tertiary/aromatic N) is 4. The third kappa shape index (κ3) is 3.16. The van der Waals surface area contributed by atoms with Gasteiger partial charge in [-0.1, -0.05) is 48.4 Å². The summed E-state index contributed by atoms with van der Waals surface area (Å²) >= 11 is 0. The minimum atomic E-state index is 0.613. The quantitative estimate of drug-likeness (QED) is 0.345. The van der Waals surface area contributed by atoms with Crippen LogP contribution in [0.2, 0.25) is 0 Å². The Balaban J connectivity index is 1.75. The van der Waals surface area contributed by atoms with Gasteiger partial charge in [-0.2, -0.15) is 0 Å². The van der Waals surface area contributed by atoms with Crippen molar-refractivity contribution < 1.29 is 0 Å². The van der Waals surface area contributed by atoms with Crippen LogP contribution < -0.4 is 11.3 Å². The van der Waals surface area contributed by atoms with Crippen molar-refractivity contribution >= 4 is 16.6 Å². The van der Waals surface area contributed by atoms with E-state index in [9.17, 15) is 0 Å². The fraction of sp³-hybridized carbons (Fsp3) is 0.375. The highest BCUT2D eigenvalue weighted by atomic mass is 15.5. The summed E-state index contributed by atoms with van der Waals surface area (Å²) in [5, 5.41) is 8.32. The third-order valence-electron chi connectivity index (χ3n) is 6.65. The minimum Gasteiger partial charge on any atom is -0.340 e. The summed E-state index contributed by atoms with van der Waals surface area (Å²) in [7, 11) is 0. The van der Waals surface area contributed by atoms with Crippen molar-refractivity contribution in [2.45, 2.75) is 57.4 Å². The zero-order valence-electron chi connectivity index (χ0n) is 17.3. The molecule has 6 heteroatoms. The van der Waals surface area contributed by atoms with Crippen molar-refractivity contribution in [2.75, 3.05) is 0 Å². The molecule has 1 saturated carbocycles. The maximum Gasteiger partial charge on any atom is 0.0580 e. The standard InChI is InChI=1S/C24H28N6/c1-16(27-29-28-25)18-11-12-20-22(15-18)30-14-6-10-21-19(9-5-13-26-21)24(30)23(20)17-7-3-2-4-8-17/h5,9,11-13,15,17H,1-4,6-8,10,14H2,(H2,25,29)(H,27,28). The Labute approximate surface area is 176 Å². The van der Waals surface area contributed by atoms with Gasteiger partial charge in [-0.15, -0.1) is 0 Å². The first-order valence-corrected chi connectivity index (χ1v) is 10.9. The van der Waals surface area contributed by atoms with Crippen LogP contribution in [0.1, 0.15) is 61.3 Å². The fourth-order valence-electron chi connectivity index (χ4n) is 5.30. The number of aromatic nitrogens is 2. The van der Waals surface area contributed by atoms with Gasteiger partial charge >= 0.3 is 0 Å².